The van der Waals surface area contributed by atoms with Gasteiger partial charge in [0, 0.05) is 16.7 Å². The fraction of sp³-hybridized carbons (Fsp3) is 0.231. The molecule has 0 unspecified atom stereocenters. The summed E-state index contributed by atoms with van der Waals surface area (Å²) in [6.45, 7) is 3.70. The van der Waals surface area contributed by atoms with Crippen LogP contribution in [0, 0.1) is 23.3 Å². The Morgan fingerprint density at radius 1 is 0.700 bits per heavy atom. The van der Waals surface area contributed by atoms with Crippen LogP contribution in [0.4, 0.5) is 17.6 Å². The van der Waals surface area contributed by atoms with E-state index in [1.165, 1.54) is 24.3 Å². The minimum atomic E-state index is -1.03. The quantitative estimate of drug-likeness (QED) is 0.390. The summed E-state index contributed by atoms with van der Waals surface area (Å²) in [4.78, 5) is 0. The fourth-order valence-corrected chi connectivity index (χ4v) is 4.07. The van der Waals surface area contributed by atoms with E-state index in [2.05, 4.69) is 0 Å². The summed E-state index contributed by atoms with van der Waals surface area (Å²) in [7, 11) is 0. The Labute approximate surface area is 173 Å². The average Bonchev–Trinajstić information content (AvgIpc) is 2.76. The maximum Gasteiger partial charge on any atom is 0.167 e. The summed E-state index contributed by atoms with van der Waals surface area (Å²) in [5.41, 5.74) is 3.56. The van der Waals surface area contributed by atoms with Crippen LogP contribution >= 0.6 is 0 Å². The maximum absolute atomic E-state index is 15.2. The van der Waals surface area contributed by atoms with Gasteiger partial charge in [-0.05, 0) is 59.6 Å². The van der Waals surface area contributed by atoms with Gasteiger partial charge in [-0.3, -0.25) is 0 Å². The first-order valence-electron chi connectivity index (χ1n) is 10.2. The van der Waals surface area contributed by atoms with E-state index in [0.29, 0.717) is 36.0 Å². The predicted molar refractivity (Wildman–Crippen MR) is 113 cm³/mol. The Morgan fingerprint density at radius 2 is 1.40 bits per heavy atom. The predicted octanol–water partition coefficient (Wildman–Crippen LogP) is 7.52. The summed E-state index contributed by atoms with van der Waals surface area (Å²) in [6.07, 6.45) is 3.74. The molecule has 4 rings (SSSR count). The normalized spacial score (nSPS) is 13.2. The number of aryl methyl sites for hydroxylation is 2. The van der Waals surface area contributed by atoms with Gasteiger partial charge in [-0.2, -0.15) is 0 Å². The van der Waals surface area contributed by atoms with Crippen LogP contribution in [-0.2, 0) is 19.3 Å². The van der Waals surface area contributed by atoms with E-state index < -0.39 is 17.5 Å². The zero-order chi connectivity index (χ0) is 21.4. The lowest BCUT2D eigenvalue weighted by Crippen LogP contribution is -2.06. The average molecular weight is 410 g/mol. The highest BCUT2D eigenvalue weighted by molar-refractivity contribution is 5.85. The van der Waals surface area contributed by atoms with Gasteiger partial charge in [-0.15, -0.1) is 0 Å². The number of benzene rings is 3. The SMILES string of the molecule is CCc1ccc(C2=Cc3ccc(-c4ccc(CC)c(F)c4F)c(F)c3CC2)c(F)c1. The number of hydrogen-bond acceptors (Lipinski definition) is 0. The molecule has 0 amide bonds. The second kappa shape index (κ2) is 8.10. The number of hydrogen-bond donors (Lipinski definition) is 0. The van der Waals surface area contributed by atoms with Gasteiger partial charge in [-0.1, -0.05) is 56.3 Å². The van der Waals surface area contributed by atoms with Crippen molar-refractivity contribution in [2.75, 3.05) is 0 Å². The molecule has 0 saturated heterocycles. The van der Waals surface area contributed by atoms with Crippen LogP contribution in [-0.4, -0.2) is 0 Å². The Bertz CT molecular complexity index is 1160. The van der Waals surface area contributed by atoms with Crippen LogP contribution in [0.5, 0.6) is 0 Å². The van der Waals surface area contributed by atoms with Gasteiger partial charge < -0.3 is 0 Å². The van der Waals surface area contributed by atoms with E-state index in [-0.39, 0.29) is 22.5 Å². The second-order valence-electron chi connectivity index (χ2n) is 7.59. The van der Waals surface area contributed by atoms with Crippen LogP contribution in [0.3, 0.4) is 0 Å². The molecule has 0 radical (unpaired) electrons. The molecule has 1 aliphatic rings. The van der Waals surface area contributed by atoms with Crippen molar-refractivity contribution in [3.05, 3.63) is 93.6 Å². The van der Waals surface area contributed by atoms with Gasteiger partial charge in [0.25, 0.3) is 0 Å². The van der Waals surface area contributed by atoms with E-state index in [1.54, 1.807) is 25.1 Å². The number of halogens is 4. The highest BCUT2D eigenvalue weighted by Crippen LogP contribution is 2.37. The van der Waals surface area contributed by atoms with E-state index >= 15 is 4.39 Å². The van der Waals surface area contributed by atoms with Crippen molar-refractivity contribution in [1.82, 2.24) is 0 Å². The zero-order valence-electron chi connectivity index (χ0n) is 17.0. The molecular weight excluding hydrogens is 388 g/mol. The van der Waals surface area contributed by atoms with Gasteiger partial charge in [-0.25, -0.2) is 17.6 Å². The fourth-order valence-electron chi connectivity index (χ4n) is 4.07. The van der Waals surface area contributed by atoms with Crippen molar-refractivity contribution < 1.29 is 17.6 Å². The topological polar surface area (TPSA) is 0 Å². The smallest absolute Gasteiger partial charge is 0.167 e. The molecule has 1 aliphatic carbocycles. The van der Waals surface area contributed by atoms with Crippen molar-refractivity contribution in [2.45, 2.75) is 39.5 Å². The third-order valence-electron chi connectivity index (χ3n) is 5.87. The van der Waals surface area contributed by atoms with E-state index in [1.807, 2.05) is 13.0 Å². The van der Waals surface area contributed by atoms with E-state index in [4.69, 9.17) is 0 Å². The third-order valence-corrected chi connectivity index (χ3v) is 5.87. The summed E-state index contributed by atoms with van der Waals surface area (Å²) in [5, 5.41) is 0. The minimum absolute atomic E-state index is 0.0446. The van der Waals surface area contributed by atoms with Crippen LogP contribution in [0.15, 0.2) is 42.5 Å². The Hall–Kier alpha value is -2.88. The van der Waals surface area contributed by atoms with Gasteiger partial charge in [0.1, 0.15) is 11.6 Å². The van der Waals surface area contributed by atoms with Gasteiger partial charge in [0.15, 0.2) is 11.6 Å². The molecule has 154 valence electrons. The molecule has 0 atom stereocenters. The summed E-state index contributed by atoms with van der Waals surface area (Å²) < 4.78 is 58.5. The van der Waals surface area contributed by atoms with Crippen molar-refractivity contribution in [1.29, 1.82) is 0 Å². The maximum atomic E-state index is 15.2. The summed E-state index contributed by atoms with van der Waals surface area (Å²) in [6, 6.07) is 11.3. The molecular formula is C26H22F4. The molecule has 4 heteroatoms. The Morgan fingerprint density at radius 3 is 2.10 bits per heavy atom. The van der Waals surface area contributed by atoms with Crippen LogP contribution in [0.25, 0.3) is 22.8 Å². The number of fused-ring (bicyclic) bond motifs is 1. The minimum Gasteiger partial charge on any atom is -0.206 e. The lowest BCUT2D eigenvalue weighted by Gasteiger charge is -2.20. The van der Waals surface area contributed by atoms with Crippen LogP contribution < -0.4 is 0 Å². The van der Waals surface area contributed by atoms with Crippen molar-refractivity contribution in [3.63, 3.8) is 0 Å². The monoisotopic (exact) mass is 410 g/mol. The molecule has 0 fully saturated rings. The van der Waals surface area contributed by atoms with E-state index in [9.17, 15) is 13.2 Å². The molecule has 0 heterocycles. The third kappa shape index (κ3) is 3.45. The summed E-state index contributed by atoms with van der Waals surface area (Å²) >= 11 is 0. The highest BCUT2D eigenvalue weighted by Gasteiger charge is 2.22. The molecule has 3 aromatic carbocycles. The first-order valence-corrected chi connectivity index (χ1v) is 10.2. The van der Waals surface area contributed by atoms with Crippen LogP contribution in [0.1, 0.15) is 48.1 Å². The first-order chi connectivity index (χ1) is 14.4. The zero-order valence-corrected chi connectivity index (χ0v) is 17.0. The number of rotatable bonds is 4. The lowest BCUT2D eigenvalue weighted by atomic mass is 9.86. The molecule has 0 nitrogen and oxygen atoms in total. The standard InChI is InChI=1S/C26H22F4/c1-3-15-5-9-19(23(27)13-15)17-7-10-20-18(14-17)8-12-21(25(20)29)22-11-6-16(4-2)24(28)26(22)30/h5-6,8-9,11-14H,3-4,7,10H2,1-2H3. The van der Waals surface area contributed by atoms with Crippen molar-refractivity contribution in [2.24, 2.45) is 0 Å². The molecule has 0 spiro atoms. The molecule has 0 saturated carbocycles. The number of allylic oxidation sites excluding steroid dienone is 1. The van der Waals surface area contributed by atoms with E-state index in [0.717, 1.165) is 17.6 Å². The van der Waals surface area contributed by atoms with Gasteiger partial charge >= 0.3 is 0 Å². The molecule has 0 aromatic heterocycles. The Balaban J connectivity index is 1.76. The lowest BCUT2D eigenvalue weighted by molar-refractivity contribution is 0.501. The van der Waals surface area contributed by atoms with Crippen molar-refractivity contribution >= 4 is 11.6 Å². The largest absolute Gasteiger partial charge is 0.206 e. The summed E-state index contributed by atoms with van der Waals surface area (Å²) in [5.74, 6) is -2.79. The van der Waals surface area contributed by atoms with Crippen LogP contribution in [0.2, 0.25) is 0 Å². The van der Waals surface area contributed by atoms with Gasteiger partial charge in [0.05, 0.1) is 0 Å². The molecule has 0 bridgehead atoms. The molecule has 0 aliphatic heterocycles. The molecule has 0 N–H and O–H groups in total. The molecule has 3 aromatic rings. The molecule has 30 heavy (non-hydrogen) atoms. The van der Waals surface area contributed by atoms with Gasteiger partial charge in [0.2, 0.25) is 0 Å². The van der Waals surface area contributed by atoms with Crippen molar-refractivity contribution in [3.8, 4) is 11.1 Å². The first kappa shape index (κ1) is 20.4. The second-order valence-corrected chi connectivity index (χ2v) is 7.59. The highest BCUT2D eigenvalue weighted by atomic mass is 19.2. The Kier molecular flexibility index (Phi) is 5.50.